The number of aliphatic hydroxyl groups excluding tert-OH is 1. The Morgan fingerprint density at radius 1 is 0.807 bits per heavy atom. The standard InChI is InChI=1S/C57H69F8N9O9/c1-53(2,80)32-72-20-19-44(69-72)36-22-42(58)40(43(59)23-36)28-73(70-50(77)41(24-48(76)81-7)54(3,4)56(60,61)62)29-46(75)45(67-51(78)49(68-52(79)82-8)55(5,6)57(63,64)65)21-34-12-9-33(10-13-34)11-14-35-15-18-47(66-25-35)71-26-37-16-17-38(27-71)74(37)39-30-83-31-39/h9-10,12-13,15,18-20,22-23,25,37-39,41,45-46,49,75,80H,16-17,21,24,26-32H2,1-8H3,(H,67,78)(H,68,79)(H,70,77)/t37?,38?,41-,45+,46+,49-/m1/s1. The van der Waals surface area contributed by atoms with Crippen molar-refractivity contribution in [2.75, 3.05) is 52.0 Å². The number of piperazine rings is 1. The van der Waals surface area contributed by atoms with Crippen LogP contribution in [0.3, 0.4) is 0 Å². The Balaban J connectivity index is 1.18. The van der Waals surface area contributed by atoms with Crippen molar-refractivity contribution in [2.45, 2.75) is 135 Å². The number of nitrogens with zero attached hydrogens (tertiary/aromatic N) is 6. The molecular formula is C57H69F8N9O9. The van der Waals surface area contributed by atoms with Crippen LogP contribution in [0.25, 0.3) is 11.3 Å². The molecule has 5 heterocycles. The van der Waals surface area contributed by atoms with Gasteiger partial charge in [0.2, 0.25) is 11.8 Å². The first-order valence-electron chi connectivity index (χ1n) is 26.8. The van der Waals surface area contributed by atoms with Crippen molar-refractivity contribution in [3.8, 4) is 23.1 Å². The van der Waals surface area contributed by atoms with Gasteiger partial charge in [0.1, 0.15) is 23.5 Å². The molecule has 452 valence electrons. The molecule has 3 fully saturated rings. The minimum absolute atomic E-state index is 0.00365. The molecule has 83 heavy (non-hydrogen) atoms. The first kappa shape index (κ1) is 63.7. The summed E-state index contributed by atoms with van der Waals surface area (Å²) in [5.74, 6) is -2.14. The average Bonchev–Trinajstić information content (AvgIpc) is 4.08. The molecule has 6 atom stereocenters. The third kappa shape index (κ3) is 15.5. The zero-order valence-corrected chi connectivity index (χ0v) is 47.1. The normalized spacial score (nSPS) is 18.5. The molecule has 18 nitrogen and oxygen atoms in total. The monoisotopic (exact) mass is 1180 g/mol. The van der Waals surface area contributed by atoms with E-state index >= 15 is 8.78 Å². The number of carbonyl (C=O) groups excluding carboxylic acids is 4. The van der Waals surface area contributed by atoms with E-state index < -0.39 is 120 Å². The number of ether oxygens (including phenoxy) is 3. The van der Waals surface area contributed by atoms with Gasteiger partial charge in [0.15, 0.2) is 0 Å². The van der Waals surface area contributed by atoms with Crippen LogP contribution in [0.4, 0.5) is 45.7 Å². The number of alkyl halides is 6. The molecule has 0 aliphatic carbocycles. The van der Waals surface area contributed by atoms with Crippen LogP contribution in [0.2, 0.25) is 0 Å². The highest BCUT2D eigenvalue weighted by Gasteiger charge is 2.57. The summed E-state index contributed by atoms with van der Waals surface area (Å²) in [6.07, 6.45) is -10.0. The summed E-state index contributed by atoms with van der Waals surface area (Å²) < 4.78 is 136. The largest absolute Gasteiger partial charge is 0.469 e. The van der Waals surface area contributed by atoms with E-state index in [1.54, 1.807) is 18.3 Å². The smallest absolute Gasteiger partial charge is 0.407 e. The van der Waals surface area contributed by atoms with Gasteiger partial charge in [0.05, 0.1) is 86.6 Å². The van der Waals surface area contributed by atoms with Crippen molar-refractivity contribution in [1.82, 2.24) is 40.7 Å². The van der Waals surface area contributed by atoms with Crippen LogP contribution in [0.1, 0.15) is 83.1 Å². The first-order chi connectivity index (χ1) is 38.8. The molecule has 2 aromatic carbocycles. The highest BCUT2D eigenvalue weighted by Crippen LogP contribution is 2.46. The van der Waals surface area contributed by atoms with Gasteiger partial charge in [-0.15, -0.1) is 0 Å². The molecular weight excluding hydrogens is 1110 g/mol. The summed E-state index contributed by atoms with van der Waals surface area (Å²) in [7, 11) is 1.72. The van der Waals surface area contributed by atoms with Crippen LogP contribution >= 0.6 is 0 Å². The number of halogens is 8. The first-order valence-corrected chi connectivity index (χ1v) is 26.8. The van der Waals surface area contributed by atoms with Gasteiger partial charge in [-0.2, -0.15) is 31.4 Å². The summed E-state index contributed by atoms with van der Waals surface area (Å²) in [5.41, 5.74) is -4.45. The number of carbonyl (C=O) groups is 4. The molecule has 0 spiro atoms. The number of rotatable bonds is 21. The molecule has 7 rings (SSSR count). The lowest BCUT2D eigenvalue weighted by Crippen LogP contribution is -2.62. The predicted octanol–water partition coefficient (Wildman–Crippen LogP) is 6.45. The number of methoxy groups -OCH3 is 2. The lowest BCUT2D eigenvalue weighted by atomic mass is 9.75. The second-order valence-corrected chi connectivity index (χ2v) is 23.0. The highest BCUT2D eigenvalue weighted by molar-refractivity contribution is 5.87. The van der Waals surface area contributed by atoms with Gasteiger partial charge in [0.25, 0.3) is 0 Å². The summed E-state index contributed by atoms with van der Waals surface area (Å²) >= 11 is 0. The van der Waals surface area contributed by atoms with Crippen LogP contribution in [-0.2, 0) is 48.1 Å². The van der Waals surface area contributed by atoms with Crippen LogP contribution in [-0.4, -0.2) is 160 Å². The molecule has 3 saturated heterocycles. The van der Waals surface area contributed by atoms with E-state index in [1.807, 2.05) is 17.4 Å². The molecule has 4 aromatic rings. The van der Waals surface area contributed by atoms with Gasteiger partial charge in [-0.05, 0) is 95.0 Å². The Kier molecular flexibility index (Phi) is 19.6. The number of hydrogen-bond donors (Lipinski definition) is 5. The Labute approximate surface area is 475 Å². The molecule has 2 bridgehead atoms. The number of aliphatic hydroxyl groups is 2. The summed E-state index contributed by atoms with van der Waals surface area (Å²) in [5, 5.41) is 31.5. The Morgan fingerprint density at radius 2 is 1.41 bits per heavy atom. The number of nitrogens with one attached hydrogen (secondary N) is 3. The van der Waals surface area contributed by atoms with E-state index in [0.29, 0.717) is 67.5 Å². The van der Waals surface area contributed by atoms with Crippen LogP contribution in [0, 0.1) is 40.2 Å². The molecule has 3 aliphatic rings. The third-order valence-corrected chi connectivity index (χ3v) is 15.5. The van der Waals surface area contributed by atoms with E-state index in [1.165, 1.54) is 42.9 Å². The van der Waals surface area contributed by atoms with E-state index in [-0.39, 0.29) is 17.8 Å². The fraction of sp³-hybridized carbons (Fsp3) is 0.544. The zero-order chi connectivity index (χ0) is 61.0. The lowest BCUT2D eigenvalue weighted by Gasteiger charge is -2.47. The molecule has 26 heteroatoms. The van der Waals surface area contributed by atoms with E-state index in [0.717, 1.165) is 71.3 Å². The lowest BCUT2D eigenvalue weighted by molar-refractivity contribution is -0.231. The molecule has 0 saturated carbocycles. The van der Waals surface area contributed by atoms with Crippen LogP contribution in [0.15, 0.2) is 67.0 Å². The summed E-state index contributed by atoms with van der Waals surface area (Å²) in [6, 6.07) is 10.3. The third-order valence-electron chi connectivity index (χ3n) is 15.5. The number of hydrazine groups is 1. The van der Waals surface area contributed by atoms with Crippen molar-refractivity contribution < 1.29 is 78.7 Å². The maximum Gasteiger partial charge on any atom is 0.407 e. The van der Waals surface area contributed by atoms with Crippen LogP contribution < -0.4 is 21.0 Å². The van der Waals surface area contributed by atoms with E-state index in [9.17, 15) is 55.7 Å². The van der Waals surface area contributed by atoms with Crippen molar-refractivity contribution >= 4 is 29.7 Å². The number of alkyl carbamates (subject to hydrolysis) is 1. The highest BCUT2D eigenvalue weighted by atomic mass is 19.4. The molecule has 3 aliphatic heterocycles. The number of amides is 3. The Morgan fingerprint density at radius 3 is 1.94 bits per heavy atom. The average molecular weight is 1180 g/mol. The number of hydrogen-bond acceptors (Lipinski definition) is 14. The van der Waals surface area contributed by atoms with Crippen LogP contribution in [0.5, 0.6) is 0 Å². The fourth-order valence-electron chi connectivity index (χ4n) is 10.3. The van der Waals surface area contributed by atoms with Gasteiger partial charge in [-0.25, -0.2) is 23.6 Å². The molecule has 2 aromatic heterocycles. The predicted molar refractivity (Wildman–Crippen MR) is 285 cm³/mol. The SMILES string of the molecule is COC(=O)C[C@H](C(=O)NN(Cc1c(F)cc(-c2ccn(CC(C)(C)O)n2)cc1F)C[C@H](O)[C@H](Cc1ccc(C#Cc2ccc(N3CC4CCC(C3)N4C3COC3)nc2)cc1)NC(=O)[C@@H](NC(=O)OC)C(C)(C)C(F)(F)F)C(C)(C)C(F)(F)F. The minimum Gasteiger partial charge on any atom is -0.469 e. The maximum atomic E-state index is 16.3. The van der Waals surface area contributed by atoms with Crippen molar-refractivity contribution in [2.24, 2.45) is 16.7 Å². The van der Waals surface area contributed by atoms with Gasteiger partial charge in [-0.3, -0.25) is 29.4 Å². The Hall–Kier alpha value is -6.92. The number of fused-ring (bicyclic) bond motifs is 2. The van der Waals surface area contributed by atoms with E-state index in [2.05, 4.69) is 47.0 Å². The van der Waals surface area contributed by atoms with Crippen molar-refractivity contribution in [3.63, 3.8) is 0 Å². The second-order valence-electron chi connectivity index (χ2n) is 23.0. The number of benzene rings is 2. The molecule has 5 N–H and O–H groups in total. The Bertz CT molecular complexity index is 2970. The topological polar surface area (TPSA) is 213 Å². The molecule has 2 unspecified atom stereocenters. The van der Waals surface area contributed by atoms with Gasteiger partial charge < -0.3 is 40.0 Å². The number of anilines is 1. The number of esters is 1. The van der Waals surface area contributed by atoms with Gasteiger partial charge in [0, 0.05) is 72.9 Å². The quantitative estimate of drug-likeness (QED) is 0.0263. The van der Waals surface area contributed by atoms with Gasteiger partial charge in [-0.1, -0.05) is 37.8 Å². The minimum atomic E-state index is -5.15. The fourth-order valence-corrected chi connectivity index (χ4v) is 10.3. The molecule has 3 amide bonds. The van der Waals surface area contributed by atoms with Crippen molar-refractivity contribution in [3.05, 3.63) is 101 Å². The van der Waals surface area contributed by atoms with Gasteiger partial charge >= 0.3 is 24.4 Å². The second kappa shape index (κ2) is 25.5. The number of aromatic nitrogens is 3. The number of pyridine rings is 1. The summed E-state index contributed by atoms with van der Waals surface area (Å²) in [6.45, 7) is 6.70. The zero-order valence-electron chi connectivity index (χ0n) is 47.1. The van der Waals surface area contributed by atoms with Crippen molar-refractivity contribution in [1.29, 1.82) is 0 Å². The van der Waals surface area contributed by atoms with E-state index in [4.69, 9.17) is 9.72 Å². The molecule has 0 radical (unpaired) electrons. The summed E-state index contributed by atoms with van der Waals surface area (Å²) in [4.78, 5) is 62.9. The maximum absolute atomic E-state index is 16.3.